The minimum absolute atomic E-state index is 0.159. The van der Waals surface area contributed by atoms with E-state index in [1.165, 1.54) is 0 Å². The van der Waals surface area contributed by atoms with Crippen molar-refractivity contribution in [2.75, 3.05) is 20.2 Å². The van der Waals surface area contributed by atoms with Crippen LogP contribution in [0.3, 0.4) is 0 Å². The van der Waals surface area contributed by atoms with E-state index in [0.717, 1.165) is 25.9 Å². The predicted molar refractivity (Wildman–Crippen MR) is 57.5 cm³/mol. The minimum Gasteiger partial charge on any atom is -0.381 e. The zero-order chi connectivity index (χ0) is 10.8. The monoisotopic (exact) mass is 212 g/mol. The lowest BCUT2D eigenvalue weighted by molar-refractivity contribution is -0.127. The normalized spacial score (nSPS) is 39.9. The van der Waals surface area contributed by atoms with Gasteiger partial charge in [0.15, 0.2) is 0 Å². The SMILES string of the molecule is COC1CC(NC(=O)C2CNCC2C)C1. The van der Waals surface area contributed by atoms with Gasteiger partial charge in [0, 0.05) is 19.7 Å². The second kappa shape index (κ2) is 4.49. The fourth-order valence-electron chi connectivity index (χ4n) is 2.35. The van der Waals surface area contributed by atoms with Crippen LogP contribution in [0.2, 0.25) is 0 Å². The molecule has 4 heteroatoms. The smallest absolute Gasteiger partial charge is 0.224 e. The molecular formula is C11H20N2O2. The van der Waals surface area contributed by atoms with E-state index in [4.69, 9.17) is 4.74 Å². The van der Waals surface area contributed by atoms with Gasteiger partial charge in [-0.15, -0.1) is 0 Å². The Hall–Kier alpha value is -0.610. The highest BCUT2D eigenvalue weighted by Crippen LogP contribution is 2.24. The first-order chi connectivity index (χ1) is 7.20. The van der Waals surface area contributed by atoms with Crippen molar-refractivity contribution >= 4 is 5.91 Å². The molecule has 1 amide bonds. The van der Waals surface area contributed by atoms with Crippen molar-refractivity contribution in [3.05, 3.63) is 0 Å². The molecule has 0 radical (unpaired) electrons. The van der Waals surface area contributed by atoms with Crippen molar-refractivity contribution < 1.29 is 9.53 Å². The summed E-state index contributed by atoms with van der Waals surface area (Å²) in [6, 6.07) is 0.343. The lowest BCUT2D eigenvalue weighted by atomic mass is 9.88. The maximum absolute atomic E-state index is 11.9. The van der Waals surface area contributed by atoms with Crippen molar-refractivity contribution in [3.8, 4) is 0 Å². The van der Waals surface area contributed by atoms with Gasteiger partial charge in [-0.25, -0.2) is 0 Å². The van der Waals surface area contributed by atoms with Gasteiger partial charge in [-0.05, 0) is 25.3 Å². The number of methoxy groups -OCH3 is 1. The summed E-state index contributed by atoms with van der Waals surface area (Å²) in [5, 5.41) is 6.34. The lowest BCUT2D eigenvalue weighted by Gasteiger charge is -2.35. The molecule has 0 aromatic carbocycles. The van der Waals surface area contributed by atoms with E-state index in [1.807, 2.05) is 0 Å². The molecule has 2 unspecified atom stereocenters. The standard InChI is InChI=1S/C11H20N2O2/c1-7-5-12-6-10(7)11(14)13-8-3-9(4-8)15-2/h7-10,12H,3-6H2,1-2H3,(H,13,14). The quantitative estimate of drug-likeness (QED) is 0.699. The van der Waals surface area contributed by atoms with Gasteiger partial charge in [-0.2, -0.15) is 0 Å². The van der Waals surface area contributed by atoms with Crippen molar-refractivity contribution in [2.45, 2.75) is 31.9 Å². The Kier molecular flexibility index (Phi) is 3.26. The summed E-state index contributed by atoms with van der Waals surface area (Å²) in [5.41, 5.74) is 0. The largest absolute Gasteiger partial charge is 0.381 e. The van der Waals surface area contributed by atoms with Crippen LogP contribution in [0.25, 0.3) is 0 Å². The maximum Gasteiger partial charge on any atom is 0.224 e. The Morgan fingerprint density at radius 3 is 2.67 bits per heavy atom. The molecule has 0 spiro atoms. The van der Waals surface area contributed by atoms with Gasteiger partial charge in [0.25, 0.3) is 0 Å². The molecule has 4 nitrogen and oxygen atoms in total. The van der Waals surface area contributed by atoms with Crippen LogP contribution in [-0.2, 0) is 9.53 Å². The molecule has 1 saturated carbocycles. The van der Waals surface area contributed by atoms with E-state index in [1.54, 1.807) is 7.11 Å². The third kappa shape index (κ3) is 2.32. The van der Waals surface area contributed by atoms with E-state index in [2.05, 4.69) is 17.6 Å². The number of hydrogen-bond acceptors (Lipinski definition) is 3. The van der Waals surface area contributed by atoms with Crippen molar-refractivity contribution in [2.24, 2.45) is 11.8 Å². The summed E-state index contributed by atoms with van der Waals surface area (Å²) >= 11 is 0. The summed E-state index contributed by atoms with van der Waals surface area (Å²) in [7, 11) is 1.73. The van der Waals surface area contributed by atoms with Crippen molar-refractivity contribution in [3.63, 3.8) is 0 Å². The molecule has 2 rings (SSSR count). The van der Waals surface area contributed by atoms with E-state index in [0.29, 0.717) is 18.1 Å². The Morgan fingerprint density at radius 1 is 1.40 bits per heavy atom. The molecule has 1 aliphatic carbocycles. The number of ether oxygens (including phenoxy) is 1. The van der Waals surface area contributed by atoms with E-state index < -0.39 is 0 Å². The zero-order valence-corrected chi connectivity index (χ0v) is 9.45. The predicted octanol–water partition coefficient (Wildman–Crippen LogP) is 0.135. The molecule has 0 aromatic rings. The second-order valence-corrected chi connectivity index (χ2v) is 4.78. The molecule has 2 fully saturated rings. The van der Waals surface area contributed by atoms with E-state index in [9.17, 15) is 4.79 Å². The first-order valence-corrected chi connectivity index (χ1v) is 5.74. The number of hydrogen-bond donors (Lipinski definition) is 2. The Morgan fingerprint density at radius 2 is 2.13 bits per heavy atom. The molecule has 2 N–H and O–H groups in total. The van der Waals surface area contributed by atoms with Crippen LogP contribution < -0.4 is 10.6 Å². The van der Waals surface area contributed by atoms with Gasteiger partial charge in [-0.1, -0.05) is 6.92 Å². The molecule has 1 heterocycles. The Labute approximate surface area is 90.8 Å². The highest BCUT2D eigenvalue weighted by Gasteiger charge is 2.34. The minimum atomic E-state index is 0.159. The van der Waals surface area contributed by atoms with Crippen LogP contribution in [0.4, 0.5) is 0 Å². The zero-order valence-electron chi connectivity index (χ0n) is 9.45. The van der Waals surface area contributed by atoms with Gasteiger partial charge in [0.2, 0.25) is 5.91 Å². The summed E-state index contributed by atoms with van der Waals surface area (Å²) < 4.78 is 5.18. The molecule has 0 bridgehead atoms. The molecule has 2 aliphatic rings. The van der Waals surface area contributed by atoms with Crippen LogP contribution in [0.1, 0.15) is 19.8 Å². The van der Waals surface area contributed by atoms with Gasteiger partial charge >= 0.3 is 0 Å². The van der Waals surface area contributed by atoms with Gasteiger partial charge < -0.3 is 15.4 Å². The maximum atomic E-state index is 11.9. The first kappa shape index (κ1) is 10.9. The number of nitrogens with one attached hydrogen (secondary N) is 2. The molecular weight excluding hydrogens is 192 g/mol. The Balaban J connectivity index is 1.73. The van der Waals surface area contributed by atoms with E-state index >= 15 is 0 Å². The Bertz CT molecular complexity index is 239. The molecule has 0 aromatic heterocycles. The fourth-order valence-corrected chi connectivity index (χ4v) is 2.35. The van der Waals surface area contributed by atoms with Crippen molar-refractivity contribution in [1.82, 2.24) is 10.6 Å². The lowest BCUT2D eigenvalue weighted by Crippen LogP contribution is -2.50. The van der Waals surface area contributed by atoms with E-state index in [-0.39, 0.29) is 11.8 Å². The topological polar surface area (TPSA) is 50.4 Å². The summed E-state index contributed by atoms with van der Waals surface area (Å²) in [6.07, 6.45) is 2.29. The van der Waals surface area contributed by atoms with Crippen LogP contribution in [0.5, 0.6) is 0 Å². The van der Waals surface area contributed by atoms with Crippen molar-refractivity contribution in [1.29, 1.82) is 0 Å². The number of amides is 1. The third-order valence-corrected chi connectivity index (χ3v) is 3.63. The summed E-state index contributed by atoms with van der Waals surface area (Å²) in [5.74, 6) is 0.835. The average molecular weight is 212 g/mol. The van der Waals surface area contributed by atoms with Crippen LogP contribution in [0.15, 0.2) is 0 Å². The number of carbonyl (C=O) groups is 1. The first-order valence-electron chi connectivity index (χ1n) is 5.74. The molecule has 15 heavy (non-hydrogen) atoms. The van der Waals surface area contributed by atoms with Crippen LogP contribution >= 0.6 is 0 Å². The number of carbonyl (C=O) groups excluding carboxylic acids is 1. The van der Waals surface area contributed by atoms with Crippen LogP contribution in [0, 0.1) is 11.8 Å². The molecule has 2 atom stereocenters. The molecule has 1 aliphatic heterocycles. The molecule has 1 saturated heterocycles. The molecule has 86 valence electrons. The highest BCUT2D eigenvalue weighted by atomic mass is 16.5. The van der Waals surface area contributed by atoms with Crippen LogP contribution in [-0.4, -0.2) is 38.3 Å². The number of rotatable bonds is 3. The highest BCUT2D eigenvalue weighted by molar-refractivity contribution is 5.80. The second-order valence-electron chi connectivity index (χ2n) is 4.78. The summed E-state index contributed by atoms with van der Waals surface area (Å²) in [4.78, 5) is 11.9. The third-order valence-electron chi connectivity index (χ3n) is 3.63. The fraction of sp³-hybridized carbons (Fsp3) is 0.909. The van der Waals surface area contributed by atoms with Gasteiger partial charge in [0.05, 0.1) is 12.0 Å². The summed E-state index contributed by atoms with van der Waals surface area (Å²) in [6.45, 7) is 3.92. The average Bonchev–Trinajstić information content (AvgIpc) is 2.56. The van der Waals surface area contributed by atoms with Gasteiger partial charge in [-0.3, -0.25) is 4.79 Å². The van der Waals surface area contributed by atoms with Gasteiger partial charge in [0.1, 0.15) is 0 Å².